The fraction of sp³-hybridized carbons (Fsp3) is 0.350. The zero-order chi connectivity index (χ0) is 18.9. The summed E-state index contributed by atoms with van der Waals surface area (Å²) in [6.45, 7) is 10.4. The van der Waals surface area contributed by atoms with Gasteiger partial charge in [0.1, 0.15) is 0 Å². The Kier molecular flexibility index (Phi) is 4.68. The molecule has 1 aromatic carbocycles. The Balaban J connectivity index is 1.86. The van der Waals surface area contributed by atoms with Crippen molar-refractivity contribution >= 4 is 11.6 Å². The monoisotopic (exact) mass is 352 g/mol. The summed E-state index contributed by atoms with van der Waals surface area (Å²) < 4.78 is 7.24. The molecule has 0 fully saturated rings. The minimum atomic E-state index is -0.232. The number of nitrogens with one attached hydrogen (secondary N) is 1. The molecule has 136 valence electrons. The quantitative estimate of drug-likeness (QED) is 0.740. The number of carbonyl (C=O) groups is 1. The van der Waals surface area contributed by atoms with Gasteiger partial charge in [-0.15, -0.1) is 0 Å². The maximum absolute atomic E-state index is 12.7. The number of amides is 1. The summed E-state index contributed by atoms with van der Waals surface area (Å²) in [5, 5.41) is 7.46. The molecule has 0 spiro atoms. The minimum Gasteiger partial charge on any atom is -0.444 e. The van der Waals surface area contributed by atoms with Crippen molar-refractivity contribution < 1.29 is 9.21 Å². The largest absolute Gasteiger partial charge is 0.444 e. The van der Waals surface area contributed by atoms with Crippen LogP contribution in [-0.4, -0.2) is 20.7 Å². The molecule has 0 bridgehead atoms. The lowest BCUT2D eigenvalue weighted by Crippen LogP contribution is -2.26. The Bertz CT molecular complexity index is 902. The summed E-state index contributed by atoms with van der Waals surface area (Å²) in [6, 6.07) is 9.32. The second-order valence-electron chi connectivity index (χ2n) is 7.59. The summed E-state index contributed by atoms with van der Waals surface area (Å²) in [6.07, 6.45) is 3.02. The number of carbonyl (C=O) groups excluding carboxylic acids is 1. The fourth-order valence-electron chi connectivity index (χ4n) is 2.76. The molecule has 0 aliphatic carbocycles. The van der Waals surface area contributed by atoms with Crippen LogP contribution < -0.4 is 5.32 Å². The van der Waals surface area contributed by atoms with Crippen molar-refractivity contribution in [2.75, 3.05) is 5.32 Å². The van der Waals surface area contributed by atoms with Gasteiger partial charge in [-0.2, -0.15) is 5.10 Å². The first-order valence-electron chi connectivity index (χ1n) is 8.66. The van der Waals surface area contributed by atoms with Crippen LogP contribution in [0.15, 0.2) is 47.3 Å². The summed E-state index contributed by atoms with van der Waals surface area (Å²) in [4.78, 5) is 16.6. The lowest BCUT2D eigenvalue weighted by atomic mass is 10.1. The molecule has 1 amide bonds. The molecule has 0 aliphatic heterocycles. The molecule has 0 radical (unpaired) electrons. The number of rotatable bonds is 4. The third-order valence-electron chi connectivity index (χ3n) is 4.03. The highest BCUT2D eigenvalue weighted by atomic mass is 16.3. The van der Waals surface area contributed by atoms with Gasteiger partial charge in [0, 0.05) is 16.9 Å². The van der Waals surface area contributed by atoms with Crippen LogP contribution in [0.2, 0.25) is 0 Å². The van der Waals surface area contributed by atoms with E-state index in [2.05, 4.69) is 50.0 Å². The van der Waals surface area contributed by atoms with Gasteiger partial charge in [0.2, 0.25) is 0 Å². The average molecular weight is 352 g/mol. The summed E-state index contributed by atoms with van der Waals surface area (Å²) in [5.74, 6) is 0.697. The van der Waals surface area contributed by atoms with Gasteiger partial charge in [-0.1, -0.05) is 26.0 Å². The van der Waals surface area contributed by atoms with E-state index in [4.69, 9.17) is 4.42 Å². The first-order valence-corrected chi connectivity index (χ1v) is 8.66. The van der Waals surface area contributed by atoms with Crippen molar-refractivity contribution in [3.63, 3.8) is 0 Å². The molecule has 26 heavy (non-hydrogen) atoms. The zero-order valence-electron chi connectivity index (χ0n) is 15.8. The number of benzene rings is 1. The van der Waals surface area contributed by atoms with E-state index in [0.717, 1.165) is 11.3 Å². The minimum absolute atomic E-state index is 0.190. The van der Waals surface area contributed by atoms with Crippen molar-refractivity contribution in [2.24, 2.45) is 0 Å². The summed E-state index contributed by atoms with van der Waals surface area (Å²) >= 11 is 0. The van der Waals surface area contributed by atoms with E-state index in [1.165, 1.54) is 6.39 Å². The third kappa shape index (κ3) is 3.69. The number of anilines is 1. The Morgan fingerprint density at radius 2 is 2.00 bits per heavy atom. The first kappa shape index (κ1) is 17.9. The van der Waals surface area contributed by atoms with Crippen molar-refractivity contribution in [3.05, 3.63) is 54.3 Å². The number of nitrogens with zero attached hydrogens (tertiary/aromatic N) is 3. The van der Waals surface area contributed by atoms with E-state index in [0.29, 0.717) is 17.1 Å². The van der Waals surface area contributed by atoms with Crippen molar-refractivity contribution in [1.82, 2.24) is 14.8 Å². The van der Waals surface area contributed by atoms with Crippen LogP contribution in [-0.2, 0) is 5.54 Å². The number of hydrogen-bond donors (Lipinski definition) is 1. The van der Waals surface area contributed by atoms with E-state index >= 15 is 0 Å². The van der Waals surface area contributed by atoms with Gasteiger partial charge in [-0.3, -0.25) is 9.48 Å². The molecule has 2 aromatic heterocycles. The van der Waals surface area contributed by atoms with Crippen LogP contribution in [0, 0.1) is 0 Å². The zero-order valence-corrected chi connectivity index (χ0v) is 15.8. The van der Waals surface area contributed by atoms with Crippen LogP contribution in [0.3, 0.4) is 0 Å². The second kappa shape index (κ2) is 6.78. The van der Waals surface area contributed by atoms with Crippen LogP contribution in [0.4, 0.5) is 5.69 Å². The Morgan fingerprint density at radius 3 is 2.58 bits per heavy atom. The van der Waals surface area contributed by atoms with Crippen LogP contribution in [0.5, 0.6) is 0 Å². The number of oxazole rings is 1. The molecule has 6 nitrogen and oxygen atoms in total. The molecule has 3 rings (SSSR count). The molecule has 3 aromatic rings. The number of aromatic nitrogens is 3. The molecule has 6 heteroatoms. The van der Waals surface area contributed by atoms with Gasteiger partial charge in [-0.25, -0.2) is 4.98 Å². The van der Waals surface area contributed by atoms with Gasteiger partial charge in [-0.05, 0) is 44.9 Å². The molecule has 0 aliphatic rings. The maximum Gasteiger partial charge on any atom is 0.276 e. The van der Waals surface area contributed by atoms with Gasteiger partial charge in [0.15, 0.2) is 17.8 Å². The van der Waals surface area contributed by atoms with Crippen molar-refractivity contribution in [2.45, 2.75) is 46.1 Å². The van der Waals surface area contributed by atoms with E-state index in [1.54, 1.807) is 6.20 Å². The van der Waals surface area contributed by atoms with E-state index in [9.17, 15) is 4.79 Å². The predicted molar refractivity (Wildman–Crippen MR) is 101 cm³/mol. The van der Waals surface area contributed by atoms with Gasteiger partial charge in [0.05, 0.1) is 11.7 Å². The topological polar surface area (TPSA) is 73.0 Å². The smallest absolute Gasteiger partial charge is 0.276 e. The van der Waals surface area contributed by atoms with Gasteiger partial charge in [0.25, 0.3) is 5.91 Å². The fourth-order valence-corrected chi connectivity index (χ4v) is 2.76. The molecular formula is C20H24N4O2. The van der Waals surface area contributed by atoms with Gasteiger partial charge < -0.3 is 9.73 Å². The molecule has 1 N–H and O–H groups in total. The predicted octanol–water partition coefficient (Wildman–Crippen LogP) is 4.67. The standard InChI is InChI=1S/C20H24N4O2/c1-13(2)17-10-16(23-24(17)20(3,4)5)19(25)22-15-8-6-7-14(9-15)18-11-21-12-26-18/h6-13H,1-5H3,(H,22,25). The highest BCUT2D eigenvalue weighted by Gasteiger charge is 2.23. The van der Waals surface area contributed by atoms with E-state index in [1.807, 2.05) is 35.0 Å². The van der Waals surface area contributed by atoms with Gasteiger partial charge >= 0.3 is 0 Å². The summed E-state index contributed by atoms with van der Waals surface area (Å²) in [5.41, 5.74) is 2.79. The Labute approximate surface area is 153 Å². The Hall–Kier alpha value is -2.89. The highest BCUT2D eigenvalue weighted by Crippen LogP contribution is 2.25. The van der Waals surface area contributed by atoms with E-state index in [-0.39, 0.29) is 17.4 Å². The summed E-state index contributed by atoms with van der Waals surface area (Å²) in [7, 11) is 0. The highest BCUT2D eigenvalue weighted by molar-refractivity contribution is 6.03. The molecular weight excluding hydrogens is 328 g/mol. The van der Waals surface area contributed by atoms with Crippen LogP contribution in [0.1, 0.15) is 56.7 Å². The first-order chi connectivity index (χ1) is 12.3. The van der Waals surface area contributed by atoms with Crippen molar-refractivity contribution in [3.8, 4) is 11.3 Å². The second-order valence-corrected chi connectivity index (χ2v) is 7.59. The normalized spacial score (nSPS) is 11.8. The third-order valence-corrected chi connectivity index (χ3v) is 4.03. The molecule has 0 atom stereocenters. The molecule has 2 heterocycles. The Morgan fingerprint density at radius 1 is 1.23 bits per heavy atom. The average Bonchev–Trinajstić information content (AvgIpc) is 3.24. The maximum atomic E-state index is 12.7. The van der Waals surface area contributed by atoms with Crippen molar-refractivity contribution in [1.29, 1.82) is 0 Å². The van der Waals surface area contributed by atoms with E-state index < -0.39 is 0 Å². The molecule has 0 saturated carbocycles. The SMILES string of the molecule is CC(C)c1cc(C(=O)Nc2cccc(-c3cnco3)c2)nn1C(C)(C)C. The lowest BCUT2D eigenvalue weighted by Gasteiger charge is -2.23. The van der Waals surface area contributed by atoms with Crippen LogP contribution >= 0.6 is 0 Å². The number of hydrogen-bond acceptors (Lipinski definition) is 4. The molecule has 0 saturated heterocycles. The lowest BCUT2D eigenvalue weighted by molar-refractivity contribution is 0.102. The van der Waals surface area contributed by atoms with Crippen LogP contribution in [0.25, 0.3) is 11.3 Å². The molecule has 0 unspecified atom stereocenters.